The van der Waals surface area contributed by atoms with E-state index in [2.05, 4.69) is 27.2 Å². The quantitative estimate of drug-likeness (QED) is 0.508. The molecule has 1 aliphatic rings. The van der Waals surface area contributed by atoms with Crippen molar-refractivity contribution in [2.45, 2.75) is 6.54 Å². The Morgan fingerprint density at radius 3 is 3.12 bits per heavy atom. The fourth-order valence-corrected chi connectivity index (χ4v) is 2.55. The standard InChI is InChI=1S/C9H14N5O2S/c1-17-5-3-13(8-17)6-9(15)16-4-2-14-7-10-11-12-14/h3,5,7H,2,4,6,8H2,1H3/q+1. The van der Waals surface area contributed by atoms with Gasteiger partial charge in [0.2, 0.25) is 0 Å². The van der Waals surface area contributed by atoms with Gasteiger partial charge in [-0.1, -0.05) is 0 Å². The average Bonchev–Trinajstić information content (AvgIpc) is 2.90. The average molecular weight is 256 g/mol. The molecule has 2 heterocycles. The van der Waals surface area contributed by atoms with E-state index in [0.29, 0.717) is 19.7 Å². The highest BCUT2D eigenvalue weighted by molar-refractivity contribution is 7.99. The number of tetrazole rings is 1. The van der Waals surface area contributed by atoms with Crippen LogP contribution in [0.4, 0.5) is 0 Å². The van der Waals surface area contributed by atoms with Crippen molar-refractivity contribution in [2.24, 2.45) is 0 Å². The Labute approximate surface area is 102 Å². The van der Waals surface area contributed by atoms with Crippen molar-refractivity contribution in [1.29, 1.82) is 0 Å². The van der Waals surface area contributed by atoms with Crippen LogP contribution in [-0.2, 0) is 27.0 Å². The first kappa shape index (κ1) is 11.9. The molecule has 92 valence electrons. The molecule has 0 spiro atoms. The number of ether oxygens (including phenoxy) is 1. The summed E-state index contributed by atoms with van der Waals surface area (Å²) in [6.45, 7) is 1.08. The Hall–Kier alpha value is -1.57. The van der Waals surface area contributed by atoms with Crippen LogP contribution in [0.15, 0.2) is 17.9 Å². The maximum absolute atomic E-state index is 11.5. The number of hydrogen-bond acceptors (Lipinski definition) is 6. The van der Waals surface area contributed by atoms with E-state index in [-0.39, 0.29) is 16.9 Å². The minimum Gasteiger partial charge on any atom is -0.462 e. The summed E-state index contributed by atoms with van der Waals surface area (Å²) in [5.74, 6) is 0.684. The van der Waals surface area contributed by atoms with Gasteiger partial charge < -0.3 is 9.64 Å². The van der Waals surface area contributed by atoms with Gasteiger partial charge in [-0.3, -0.25) is 4.79 Å². The van der Waals surface area contributed by atoms with Crippen molar-refractivity contribution in [2.75, 3.05) is 25.3 Å². The number of nitrogens with zero attached hydrogens (tertiary/aromatic N) is 5. The van der Waals surface area contributed by atoms with Gasteiger partial charge in [0.25, 0.3) is 0 Å². The molecule has 1 aromatic rings. The molecule has 0 aromatic carbocycles. The van der Waals surface area contributed by atoms with Gasteiger partial charge in [0, 0.05) is 10.9 Å². The minimum absolute atomic E-state index is 0.221. The molecule has 1 atom stereocenters. The van der Waals surface area contributed by atoms with E-state index >= 15 is 0 Å². The summed E-state index contributed by atoms with van der Waals surface area (Å²) in [6, 6.07) is 0. The smallest absolute Gasteiger partial charge is 0.325 e. The number of carbonyl (C=O) groups excluding carboxylic acids is 1. The third-order valence-electron chi connectivity index (χ3n) is 2.18. The molecule has 0 aliphatic carbocycles. The van der Waals surface area contributed by atoms with Crippen molar-refractivity contribution < 1.29 is 9.53 Å². The van der Waals surface area contributed by atoms with Crippen LogP contribution in [-0.4, -0.2) is 56.4 Å². The third-order valence-corrected chi connectivity index (χ3v) is 3.51. The van der Waals surface area contributed by atoms with Gasteiger partial charge in [-0.15, -0.1) is 5.10 Å². The summed E-state index contributed by atoms with van der Waals surface area (Å²) >= 11 is 0. The van der Waals surface area contributed by atoms with E-state index in [0.717, 1.165) is 5.88 Å². The van der Waals surface area contributed by atoms with Crippen LogP contribution in [0.3, 0.4) is 0 Å². The zero-order valence-corrected chi connectivity index (χ0v) is 10.3. The highest BCUT2D eigenvalue weighted by Crippen LogP contribution is 2.08. The number of hydrogen-bond donors (Lipinski definition) is 0. The Balaban J connectivity index is 1.63. The molecular weight excluding hydrogens is 242 g/mol. The van der Waals surface area contributed by atoms with Gasteiger partial charge in [-0.2, -0.15) is 0 Å². The molecule has 1 aromatic heterocycles. The van der Waals surface area contributed by atoms with Gasteiger partial charge in [0.1, 0.15) is 31.1 Å². The first-order chi connectivity index (χ1) is 8.24. The van der Waals surface area contributed by atoms with Crippen LogP contribution in [0.25, 0.3) is 0 Å². The molecule has 17 heavy (non-hydrogen) atoms. The zero-order valence-electron chi connectivity index (χ0n) is 9.52. The highest BCUT2D eigenvalue weighted by Gasteiger charge is 2.21. The summed E-state index contributed by atoms with van der Waals surface area (Å²) in [4.78, 5) is 13.4. The number of carbonyl (C=O) groups is 1. The van der Waals surface area contributed by atoms with Crippen LogP contribution in [0.5, 0.6) is 0 Å². The molecule has 1 aliphatic heterocycles. The SMILES string of the molecule is C[S+]1C=CN(CC(=O)OCCn2cnnn2)C1. The Kier molecular flexibility index (Phi) is 3.97. The topological polar surface area (TPSA) is 73.1 Å². The normalized spacial score (nSPS) is 18.6. The predicted molar refractivity (Wildman–Crippen MR) is 62.8 cm³/mol. The van der Waals surface area contributed by atoms with Crippen LogP contribution in [0, 0.1) is 0 Å². The van der Waals surface area contributed by atoms with Crippen LogP contribution < -0.4 is 0 Å². The molecule has 1 unspecified atom stereocenters. The van der Waals surface area contributed by atoms with Crippen LogP contribution in [0.2, 0.25) is 0 Å². The third kappa shape index (κ3) is 3.74. The van der Waals surface area contributed by atoms with E-state index in [1.54, 1.807) is 0 Å². The molecule has 0 bridgehead atoms. The van der Waals surface area contributed by atoms with Crippen molar-refractivity contribution in [3.63, 3.8) is 0 Å². The van der Waals surface area contributed by atoms with E-state index in [4.69, 9.17) is 4.74 Å². The van der Waals surface area contributed by atoms with Crippen molar-refractivity contribution in [1.82, 2.24) is 25.1 Å². The molecule has 0 fully saturated rings. The number of aromatic nitrogens is 4. The van der Waals surface area contributed by atoms with E-state index < -0.39 is 0 Å². The lowest BCUT2D eigenvalue weighted by Gasteiger charge is -2.11. The Morgan fingerprint density at radius 2 is 2.47 bits per heavy atom. The fraction of sp³-hybridized carbons (Fsp3) is 0.556. The van der Waals surface area contributed by atoms with Gasteiger partial charge >= 0.3 is 5.97 Å². The van der Waals surface area contributed by atoms with Gasteiger partial charge in [0.05, 0.1) is 12.7 Å². The fourth-order valence-electron chi connectivity index (χ4n) is 1.38. The minimum atomic E-state index is -0.221. The second-order valence-corrected chi connectivity index (χ2v) is 5.56. The van der Waals surface area contributed by atoms with E-state index in [1.807, 2.05) is 11.1 Å². The second-order valence-electron chi connectivity index (χ2n) is 3.65. The molecule has 0 saturated carbocycles. The Morgan fingerprint density at radius 1 is 1.59 bits per heavy atom. The summed E-state index contributed by atoms with van der Waals surface area (Å²) in [5, 5.41) is 12.7. The summed E-state index contributed by atoms with van der Waals surface area (Å²) < 4.78 is 6.61. The van der Waals surface area contributed by atoms with E-state index in [1.165, 1.54) is 11.0 Å². The zero-order chi connectivity index (χ0) is 12.1. The number of rotatable bonds is 5. The first-order valence-corrected chi connectivity index (χ1v) is 7.00. The van der Waals surface area contributed by atoms with E-state index in [9.17, 15) is 4.79 Å². The maximum atomic E-state index is 11.5. The second kappa shape index (κ2) is 5.67. The molecule has 0 amide bonds. The van der Waals surface area contributed by atoms with Crippen LogP contribution >= 0.6 is 0 Å². The Bertz CT molecular complexity index is 394. The summed E-state index contributed by atoms with van der Waals surface area (Å²) in [7, 11) is 0.258. The predicted octanol–water partition coefficient (Wildman–Crippen LogP) is -0.791. The largest absolute Gasteiger partial charge is 0.462 e. The molecule has 0 saturated heterocycles. The lowest BCUT2D eigenvalue weighted by Crippen LogP contribution is -2.27. The molecule has 7 nitrogen and oxygen atoms in total. The van der Waals surface area contributed by atoms with Gasteiger partial charge in [0.15, 0.2) is 5.88 Å². The molecular formula is C9H14N5O2S+. The summed E-state index contributed by atoms with van der Waals surface area (Å²) in [5.41, 5.74) is 0. The first-order valence-electron chi connectivity index (χ1n) is 5.14. The molecule has 2 rings (SSSR count). The lowest BCUT2D eigenvalue weighted by molar-refractivity contribution is -0.144. The van der Waals surface area contributed by atoms with Crippen molar-refractivity contribution >= 4 is 16.9 Å². The molecule has 8 heteroatoms. The highest BCUT2D eigenvalue weighted by atomic mass is 32.2. The molecule has 0 radical (unpaired) electrons. The lowest BCUT2D eigenvalue weighted by atomic mass is 10.6. The molecule has 0 N–H and O–H groups in total. The number of esters is 1. The maximum Gasteiger partial charge on any atom is 0.325 e. The van der Waals surface area contributed by atoms with Crippen molar-refractivity contribution in [3.05, 3.63) is 17.9 Å². The van der Waals surface area contributed by atoms with Crippen LogP contribution in [0.1, 0.15) is 0 Å². The van der Waals surface area contributed by atoms with Crippen molar-refractivity contribution in [3.8, 4) is 0 Å². The van der Waals surface area contributed by atoms with Gasteiger partial charge in [-0.05, 0) is 10.4 Å². The van der Waals surface area contributed by atoms with Gasteiger partial charge in [-0.25, -0.2) is 4.68 Å². The summed E-state index contributed by atoms with van der Waals surface area (Å²) in [6.07, 6.45) is 5.57. The monoisotopic (exact) mass is 256 g/mol.